The number of hydrogen-bond acceptors (Lipinski definition) is 5. The molecule has 2 aliphatic heterocycles. The highest BCUT2D eigenvalue weighted by Crippen LogP contribution is 2.21. The third-order valence-electron chi connectivity index (χ3n) is 3.92. The SMILES string of the molecule is O=C(O)C1COCCN1C(=O)c1cncc2c1CCNC2. The lowest BCUT2D eigenvalue weighted by molar-refractivity contribution is -0.147. The summed E-state index contributed by atoms with van der Waals surface area (Å²) in [6.07, 6.45) is 4.05. The van der Waals surface area contributed by atoms with Crippen molar-refractivity contribution in [2.24, 2.45) is 0 Å². The van der Waals surface area contributed by atoms with Crippen LogP contribution >= 0.6 is 0 Å². The van der Waals surface area contributed by atoms with E-state index in [9.17, 15) is 14.7 Å². The van der Waals surface area contributed by atoms with E-state index in [0.717, 1.165) is 24.1 Å². The van der Waals surface area contributed by atoms with Gasteiger partial charge in [-0.25, -0.2) is 4.79 Å². The second-order valence-electron chi connectivity index (χ2n) is 5.18. The minimum absolute atomic E-state index is 0.0328. The van der Waals surface area contributed by atoms with Gasteiger partial charge in [0.1, 0.15) is 0 Å². The lowest BCUT2D eigenvalue weighted by atomic mass is 9.97. The van der Waals surface area contributed by atoms with Gasteiger partial charge < -0.3 is 20.1 Å². The van der Waals surface area contributed by atoms with Gasteiger partial charge in [0.15, 0.2) is 6.04 Å². The number of pyridine rings is 1. The van der Waals surface area contributed by atoms with Crippen molar-refractivity contribution in [1.29, 1.82) is 0 Å². The monoisotopic (exact) mass is 291 g/mol. The molecule has 2 N–H and O–H groups in total. The molecule has 1 unspecified atom stereocenters. The van der Waals surface area contributed by atoms with Crippen LogP contribution in [0.1, 0.15) is 21.5 Å². The molecular formula is C14H17N3O4. The number of morpholine rings is 1. The normalized spacial score (nSPS) is 21.7. The van der Waals surface area contributed by atoms with Crippen LogP contribution in [0.15, 0.2) is 12.4 Å². The maximum absolute atomic E-state index is 12.7. The molecular weight excluding hydrogens is 274 g/mol. The van der Waals surface area contributed by atoms with Crippen molar-refractivity contribution >= 4 is 11.9 Å². The molecule has 1 saturated heterocycles. The van der Waals surface area contributed by atoms with Crippen molar-refractivity contribution in [3.8, 4) is 0 Å². The number of nitrogens with zero attached hydrogens (tertiary/aromatic N) is 2. The zero-order chi connectivity index (χ0) is 14.8. The number of ether oxygens (including phenoxy) is 1. The number of nitrogens with one attached hydrogen (secondary N) is 1. The molecule has 0 radical (unpaired) electrons. The van der Waals surface area contributed by atoms with Crippen LogP contribution < -0.4 is 5.32 Å². The van der Waals surface area contributed by atoms with Crippen molar-refractivity contribution in [1.82, 2.24) is 15.2 Å². The quantitative estimate of drug-likeness (QED) is 0.774. The van der Waals surface area contributed by atoms with Gasteiger partial charge in [0, 0.05) is 25.5 Å². The predicted octanol–water partition coefficient (Wildman–Crippen LogP) is -0.347. The van der Waals surface area contributed by atoms with Crippen LogP contribution in [-0.2, 0) is 22.5 Å². The highest BCUT2D eigenvalue weighted by molar-refractivity contribution is 5.98. The number of carboxylic acid groups (broad SMARTS) is 1. The molecule has 7 heteroatoms. The molecule has 2 aliphatic rings. The van der Waals surface area contributed by atoms with Gasteiger partial charge in [-0.3, -0.25) is 9.78 Å². The Hall–Kier alpha value is -1.99. The van der Waals surface area contributed by atoms with E-state index in [1.165, 1.54) is 4.90 Å². The van der Waals surface area contributed by atoms with Crippen LogP contribution in [0.25, 0.3) is 0 Å². The van der Waals surface area contributed by atoms with Gasteiger partial charge in [-0.05, 0) is 24.1 Å². The van der Waals surface area contributed by atoms with Gasteiger partial charge in [-0.2, -0.15) is 0 Å². The van der Waals surface area contributed by atoms with E-state index < -0.39 is 12.0 Å². The number of amides is 1. The molecule has 0 bridgehead atoms. The summed E-state index contributed by atoms with van der Waals surface area (Å²) < 4.78 is 5.17. The van der Waals surface area contributed by atoms with Crippen LogP contribution in [0.2, 0.25) is 0 Å². The van der Waals surface area contributed by atoms with E-state index in [0.29, 0.717) is 18.7 Å². The number of fused-ring (bicyclic) bond motifs is 1. The summed E-state index contributed by atoms with van der Waals surface area (Å²) in [4.78, 5) is 29.5. The smallest absolute Gasteiger partial charge is 0.328 e. The number of carbonyl (C=O) groups is 2. The highest BCUT2D eigenvalue weighted by Gasteiger charge is 2.34. The second kappa shape index (κ2) is 5.79. The van der Waals surface area contributed by atoms with Gasteiger partial charge in [-0.1, -0.05) is 0 Å². The lowest BCUT2D eigenvalue weighted by Gasteiger charge is -2.33. The average Bonchev–Trinajstić information content (AvgIpc) is 2.53. The molecule has 7 nitrogen and oxygen atoms in total. The number of rotatable bonds is 2. The Morgan fingerprint density at radius 2 is 2.29 bits per heavy atom. The topological polar surface area (TPSA) is 91.8 Å². The number of aromatic nitrogens is 1. The molecule has 1 aromatic heterocycles. The van der Waals surface area contributed by atoms with E-state index in [1.807, 2.05) is 0 Å². The fourth-order valence-corrected chi connectivity index (χ4v) is 2.80. The van der Waals surface area contributed by atoms with Crippen LogP contribution in [0.4, 0.5) is 0 Å². The third kappa shape index (κ3) is 2.62. The Morgan fingerprint density at radius 1 is 1.43 bits per heavy atom. The van der Waals surface area contributed by atoms with Crippen molar-refractivity contribution < 1.29 is 19.4 Å². The minimum Gasteiger partial charge on any atom is -0.480 e. The summed E-state index contributed by atoms with van der Waals surface area (Å²) in [6, 6.07) is -0.927. The predicted molar refractivity (Wildman–Crippen MR) is 72.9 cm³/mol. The Bertz CT molecular complexity index is 575. The van der Waals surface area contributed by atoms with Crippen LogP contribution in [0.5, 0.6) is 0 Å². The van der Waals surface area contributed by atoms with E-state index in [1.54, 1.807) is 12.4 Å². The largest absolute Gasteiger partial charge is 0.480 e. The fourth-order valence-electron chi connectivity index (χ4n) is 2.80. The van der Waals surface area contributed by atoms with Crippen molar-refractivity contribution in [2.75, 3.05) is 26.3 Å². The molecule has 0 aliphatic carbocycles. The van der Waals surface area contributed by atoms with Crippen molar-refractivity contribution in [2.45, 2.75) is 19.0 Å². The first-order valence-corrected chi connectivity index (χ1v) is 6.96. The summed E-state index contributed by atoms with van der Waals surface area (Å²) >= 11 is 0. The Kier molecular flexibility index (Phi) is 3.85. The minimum atomic E-state index is -1.04. The van der Waals surface area contributed by atoms with Crippen molar-refractivity contribution in [3.63, 3.8) is 0 Å². The number of carbonyl (C=O) groups excluding carboxylic acids is 1. The fraction of sp³-hybridized carbons (Fsp3) is 0.500. The maximum atomic E-state index is 12.7. The maximum Gasteiger partial charge on any atom is 0.328 e. The summed E-state index contributed by atoms with van der Waals surface area (Å²) in [7, 11) is 0. The van der Waals surface area contributed by atoms with Crippen molar-refractivity contribution in [3.05, 3.63) is 29.1 Å². The molecule has 1 fully saturated rings. The number of carboxylic acids is 1. The first kappa shape index (κ1) is 14.0. The standard InChI is InChI=1S/C14H17N3O4/c18-13(17-3-4-21-8-12(17)14(19)20)11-7-16-6-9-5-15-2-1-10(9)11/h6-7,12,15H,1-5,8H2,(H,19,20). The number of hydrogen-bond donors (Lipinski definition) is 2. The van der Waals surface area contributed by atoms with E-state index >= 15 is 0 Å². The Morgan fingerprint density at radius 3 is 3.10 bits per heavy atom. The molecule has 0 aromatic carbocycles. The van der Waals surface area contributed by atoms with Gasteiger partial charge in [0.25, 0.3) is 5.91 Å². The first-order chi connectivity index (χ1) is 10.2. The molecule has 3 rings (SSSR count). The zero-order valence-corrected chi connectivity index (χ0v) is 11.5. The van der Waals surface area contributed by atoms with Gasteiger partial charge >= 0.3 is 5.97 Å². The summed E-state index contributed by atoms with van der Waals surface area (Å²) in [5.74, 6) is -1.31. The van der Waals surface area contributed by atoms with Crippen LogP contribution in [0, 0.1) is 0 Å². The summed E-state index contributed by atoms with van der Waals surface area (Å²) in [6.45, 7) is 2.18. The lowest BCUT2D eigenvalue weighted by Crippen LogP contribution is -2.52. The second-order valence-corrected chi connectivity index (χ2v) is 5.18. The Balaban J connectivity index is 1.92. The molecule has 21 heavy (non-hydrogen) atoms. The first-order valence-electron chi connectivity index (χ1n) is 6.96. The van der Waals surface area contributed by atoms with E-state index in [-0.39, 0.29) is 19.1 Å². The molecule has 1 amide bonds. The van der Waals surface area contributed by atoms with E-state index in [4.69, 9.17) is 4.74 Å². The zero-order valence-electron chi connectivity index (χ0n) is 11.5. The summed E-state index contributed by atoms with van der Waals surface area (Å²) in [5.41, 5.74) is 2.50. The van der Waals surface area contributed by atoms with Gasteiger partial charge in [0.2, 0.25) is 0 Å². The molecule has 0 spiro atoms. The molecule has 0 saturated carbocycles. The summed E-state index contributed by atoms with van der Waals surface area (Å²) in [5, 5.41) is 12.5. The molecule has 112 valence electrons. The Labute approximate surface area is 121 Å². The molecule has 3 heterocycles. The third-order valence-corrected chi connectivity index (χ3v) is 3.92. The average molecular weight is 291 g/mol. The molecule has 1 aromatic rings. The van der Waals surface area contributed by atoms with Crippen LogP contribution in [-0.4, -0.2) is 59.2 Å². The van der Waals surface area contributed by atoms with Crippen LogP contribution in [0.3, 0.4) is 0 Å². The highest BCUT2D eigenvalue weighted by atomic mass is 16.5. The van der Waals surface area contributed by atoms with Gasteiger partial charge in [-0.15, -0.1) is 0 Å². The van der Waals surface area contributed by atoms with Gasteiger partial charge in [0.05, 0.1) is 18.8 Å². The number of aliphatic carboxylic acids is 1. The molecule has 1 atom stereocenters. The van der Waals surface area contributed by atoms with E-state index in [2.05, 4.69) is 10.3 Å².